The molecule has 4 nitrogen and oxygen atoms in total. The van der Waals surface area contributed by atoms with Gasteiger partial charge < -0.3 is 19.0 Å². The van der Waals surface area contributed by atoms with Gasteiger partial charge in [-0.05, 0) is 68.4 Å². The molecule has 0 spiro atoms. The van der Waals surface area contributed by atoms with Gasteiger partial charge in [-0.3, -0.25) is 0 Å². The highest BCUT2D eigenvalue weighted by molar-refractivity contribution is 6.48. The van der Waals surface area contributed by atoms with Crippen molar-refractivity contribution in [1.29, 1.82) is 0 Å². The van der Waals surface area contributed by atoms with Gasteiger partial charge in [-0.25, -0.2) is 0 Å². The van der Waals surface area contributed by atoms with E-state index < -0.39 is 14.6 Å². The molecule has 3 rings (SSSR count). The van der Waals surface area contributed by atoms with Gasteiger partial charge in [0.2, 0.25) is 9.04 Å². The molecule has 1 aliphatic heterocycles. The van der Waals surface area contributed by atoms with E-state index in [9.17, 15) is 5.11 Å². The average Bonchev–Trinajstić information content (AvgIpc) is 2.89. The largest absolute Gasteiger partial charge is 0.496 e. The number of benzene rings is 2. The minimum Gasteiger partial charge on any atom is -0.496 e. The molecule has 147 valence electrons. The third-order valence-corrected chi connectivity index (χ3v) is 5.88. The maximum atomic E-state index is 9.78. The van der Waals surface area contributed by atoms with Crippen LogP contribution in [0.5, 0.6) is 11.5 Å². The van der Waals surface area contributed by atoms with E-state index in [1.807, 2.05) is 6.07 Å². The molecule has 2 aromatic carbocycles. The van der Waals surface area contributed by atoms with Gasteiger partial charge in [0.25, 0.3) is 0 Å². The minimum atomic E-state index is -0.915. The molecule has 1 heterocycles. The Kier molecular flexibility index (Phi) is 5.84. The van der Waals surface area contributed by atoms with Crippen LogP contribution in [0.4, 0.5) is 0 Å². The number of fused-ring (bicyclic) bond motifs is 3. The third kappa shape index (κ3) is 3.73. The van der Waals surface area contributed by atoms with E-state index in [1.165, 1.54) is 5.56 Å². The number of hydrogen-bond acceptors (Lipinski definition) is 4. The molecule has 1 atom stereocenters. The monoisotopic (exact) mass is 387 g/mol. The van der Waals surface area contributed by atoms with Crippen molar-refractivity contribution >= 4 is 19.8 Å². The zero-order chi connectivity index (χ0) is 19.8. The van der Waals surface area contributed by atoms with E-state index in [4.69, 9.17) is 13.9 Å². The van der Waals surface area contributed by atoms with Crippen LogP contribution in [-0.4, -0.2) is 26.9 Å². The van der Waals surface area contributed by atoms with Crippen LogP contribution in [0.3, 0.4) is 0 Å². The van der Waals surface area contributed by atoms with Crippen LogP contribution in [0.1, 0.15) is 56.4 Å². The average molecular weight is 388 g/mol. The van der Waals surface area contributed by atoms with Crippen molar-refractivity contribution in [2.75, 3.05) is 7.11 Å². The van der Waals surface area contributed by atoms with Crippen molar-refractivity contribution in [1.82, 2.24) is 0 Å². The normalized spacial score (nSPS) is 18.0. The summed E-state index contributed by atoms with van der Waals surface area (Å²) < 4.78 is 18.6. The topological polar surface area (TPSA) is 47.9 Å². The summed E-state index contributed by atoms with van der Waals surface area (Å²) in [5.74, 6) is 1.67. The van der Waals surface area contributed by atoms with Crippen LogP contribution in [-0.2, 0) is 17.5 Å². The van der Waals surface area contributed by atoms with Crippen LogP contribution in [0.15, 0.2) is 18.2 Å². The Morgan fingerprint density at radius 1 is 1.19 bits per heavy atom. The van der Waals surface area contributed by atoms with Crippen molar-refractivity contribution in [3.63, 3.8) is 0 Å². The van der Waals surface area contributed by atoms with Gasteiger partial charge in [-0.2, -0.15) is 0 Å². The van der Waals surface area contributed by atoms with E-state index in [2.05, 4.69) is 46.0 Å². The fraction of sp³-hybridized carbons (Fsp3) is 0.545. The minimum absolute atomic E-state index is 0.0241. The van der Waals surface area contributed by atoms with Gasteiger partial charge in [0, 0.05) is 5.39 Å². The molecule has 0 saturated carbocycles. The lowest BCUT2D eigenvalue weighted by Gasteiger charge is -2.28. The molecule has 0 saturated heterocycles. The molecule has 1 unspecified atom stereocenters. The van der Waals surface area contributed by atoms with E-state index in [-0.39, 0.29) is 12.7 Å². The predicted octanol–water partition coefficient (Wildman–Crippen LogP) is 5.16. The van der Waals surface area contributed by atoms with Gasteiger partial charge in [-0.15, -0.1) is 0 Å². The van der Waals surface area contributed by atoms with Crippen LogP contribution >= 0.6 is 0 Å². The number of unbranched alkanes of at least 4 members (excludes halogenated alkanes) is 1. The molecule has 0 amide bonds. The summed E-state index contributed by atoms with van der Waals surface area (Å²) in [6.45, 7) is 10.6. The second-order valence-electron chi connectivity index (χ2n) is 8.05. The van der Waals surface area contributed by atoms with Gasteiger partial charge in [0.1, 0.15) is 23.2 Å². The maximum Gasteiger partial charge on any atom is 0.206 e. The fourth-order valence-corrected chi connectivity index (χ4v) is 4.77. The number of aliphatic hydroxyl groups is 1. The molecule has 2 aromatic rings. The molecule has 1 radical (unpaired) electrons. The van der Waals surface area contributed by atoms with E-state index in [1.54, 1.807) is 7.11 Å². The third-order valence-electron chi connectivity index (χ3n) is 5.17. The highest BCUT2D eigenvalue weighted by Crippen LogP contribution is 2.53. The number of hydrogen-bond donors (Lipinski definition) is 1. The van der Waals surface area contributed by atoms with Crippen LogP contribution in [0.25, 0.3) is 10.8 Å². The molecule has 27 heavy (non-hydrogen) atoms. The Hall–Kier alpha value is -1.56. The molecule has 1 N–H and O–H groups in total. The second-order valence-corrected chi connectivity index (χ2v) is 10.1. The van der Waals surface area contributed by atoms with E-state index in [0.29, 0.717) is 0 Å². The van der Waals surface area contributed by atoms with Gasteiger partial charge in [0.15, 0.2) is 0 Å². The van der Waals surface area contributed by atoms with Crippen molar-refractivity contribution in [2.45, 2.75) is 71.4 Å². The van der Waals surface area contributed by atoms with Gasteiger partial charge in [-0.1, -0.05) is 19.4 Å². The van der Waals surface area contributed by atoms with Crippen LogP contribution in [0.2, 0.25) is 13.1 Å². The molecule has 0 aliphatic carbocycles. The van der Waals surface area contributed by atoms with E-state index in [0.717, 1.165) is 52.7 Å². The lowest BCUT2D eigenvalue weighted by atomic mass is 9.91. The summed E-state index contributed by atoms with van der Waals surface area (Å²) in [4.78, 5) is 0. The number of rotatable bonds is 7. The molecule has 1 aliphatic rings. The first-order chi connectivity index (χ1) is 12.8. The van der Waals surface area contributed by atoms with Crippen molar-refractivity contribution in [3.05, 3.63) is 34.9 Å². The van der Waals surface area contributed by atoms with Crippen molar-refractivity contribution in [3.8, 4) is 11.5 Å². The Labute approximate surface area is 164 Å². The summed E-state index contributed by atoms with van der Waals surface area (Å²) in [6.07, 6.45) is 3.05. The predicted molar refractivity (Wildman–Crippen MR) is 111 cm³/mol. The quantitative estimate of drug-likeness (QED) is 0.666. The zero-order valence-corrected chi connectivity index (χ0v) is 18.3. The summed E-state index contributed by atoms with van der Waals surface area (Å²) in [6, 6.07) is 6.28. The number of aryl methyl sites for hydroxylation is 1. The Bertz CT molecular complexity index is 829. The molecule has 5 heteroatoms. The highest BCUT2D eigenvalue weighted by atomic mass is 28.3. The molecule has 0 fully saturated rings. The van der Waals surface area contributed by atoms with Gasteiger partial charge in [0.05, 0.1) is 19.3 Å². The lowest BCUT2D eigenvalue weighted by molar-refractivity contribution is 0.0153. The summed E-state index contributed by atoms with van der Waals surface area (Å²) in [5, 5.41) is 12.0. The first-order valence-corrected chi connectivity index (χ1v) is 12.2. The smallest absolute Gasteiger partial charge is 0.206 e. The first kappa shape index (κ1) is 20.2. The number of ether oxygens (including phenoxy) is 2. The maximum absolute atomic E-state index is 9.78. The Morgan fingerprint density at radius 2 is 1.93 bits per heavy atom. The molecule has 0 aromatic heterocycles. The molecular formula is C22H31O4Si. The highest BCUT2D eigenvalue weighted by Gasteiger charge is 2.45. The standard InChI is InChI=1S/C22H31O4Si/c1-7-8-9-15-10-14(13-23)11-17-16(15)12-18(24-4)19-20(17)25-22(2,3)21(19)26-27(5)6/h10-12,21,23H,7-9,13H2,1-6H3. The second kappa shape index (κ2) is 7.82. The Morgan fingerprint density at radius 3 is 2.52 bits per heavy atom. The van der Waals surface area contributed by atoms with Crippen LogP contribution in [0, 0.1) is 0 Å². The van der Waals surface area contributed by atoms with Crippen LogP contribution < -0.4 is 9.47 Å². The molecule has 0 bridgehead atoms. The number of aliphatic hydroxyl groups excluding tert-OH is 1. The summed E-state index contributed by atoms with van der Waals surface area (Å²) in [5.41, 5.74) is 2.69. The Balaban J connectivity index is 2.28. The fourth-order valence-electron chi connectivity index (χ4n) is 3.90. The summed E-state index contributed by atoms with van der Waals surface area (Å²) >= 11 is 0. The summed E-state index contributed by atoms with van der Waals surface area (Å²) in [7, 11) is 0.795. The van der Waals surface area contributed by atoms with Crippen molar-refractivity contribution < 1.29 is 19.0 Å². The van der Waals surface area contributed by atoms with E-state index >= 15 is 0 Å². The SMILES string of the molecule is CCCCc1cc(CO)cc2c3c(c(OC)cc12)C(O[Si](C)C)C(C)(C)O3. The number of methoxy groups -OCH3 is 1. The van der Waals surface area contributed by atoms with Gasteiger partial charge >= 0.3 is 0 Å². The zero-order valence-electron chi connectivity index (χ0n) is 17.3. The lowest BCUT2D eigenvalue weighted by Crippen LogP contribution is -2.34. The van der Waals surface area contributed by atoms with Crippen molar-refractivity contribution in [2.24, 2.45) is 0 Å². The first-order valence-electron chi connectivity index (χ1n) is 9.75. The molecular weight excluding hydrogens is 356 g/mol.